The number of esters is 1. The molecule has 0 aliphatic carbocycles. The van der Waals surface area contributed by atoms with Crippen LogP contribution < -0.4 is 10.1 Å². The van der Waals surface area contributed by atoms with E-state index in [4.69, 9.17) is 9.47 Å². The zero-order chi connectivity index (χ0) is 16.7. The molecule has 0 fully saturated rings. The molecule has 1 aromatic carbocycles. The van der Waals surface area contributed by atoms with Crippen LogP contribution in [0.2, 0.25) is 0 Å². The number of nitrogens with one attached hydrogen (secondary N) is 1. The first-order chi connectivity index (χ1) is 11.1. The van der Waals surface area contributed by atoms with Crippen LogP contribution in [-0.2, 0) is 16.0 Å². The average molecular weight is 314 g/mol. The molecule has 1 N–H and O–H groups in total. The fourth-order valence-corrected chi connectivity index (χ4v) is 1.86. The van der Waals surface area contributed by atoms with Crippen LogP contribution >= 0.6 is 0 Å². The quantitative estimate of drug-likeness (QED) is 0.829. The minimum atomic E-state index is -0.614. The molecule has 0 aliphatic rings. The highest BCUT2D eigenvalue weighted by molar-refractivity contribution is 5.95. The Balaban J connectivity index is 1.83. The maximum Gasteiger partial charge on any atom is 0.340 e. The molecule has 2 rings (SSSR count). The Kier molecular flexibility index (Phi) is 5.68. The van der Waals surface area contributed by atoms with Crippen LogP contribution in [0.15, 0.2) is 42.6 Å². The standard InChI is InChI=1S/C17H18N2O4/c1-3-12-4-7-14(8-5-12)19-15(20)11-23-17(21)13-6-9-16(22-2)18-10-13/h4-10H,3,11H2,1-2H3,(H,19,20). The highest BCUT2D eigenvalue weighted by atomic mass is 16.5. The molecule has 0 bridgehead atoms. The van der Waals surface area contributed by atoms with Gasteiger partial charge in [0.15, 0.2) is 6.61 Å². The summed E-state index contributed by atoms with van der Waals surface area (Å²) >= 11 is 0. The number of rotatable bonds is 6. The summed E-state index contributed by atoms with van der Waals surface area (Å²) in [6.07, 6.45) is 2.27. The average Bonchev–Trinajstić information content (AvgIpc) is 2.60. The van der Waals surface area contributed by atoms with Gasteiger partial charge in [0.25, 0.3) is 5.91 Å². The SMILES string of the molecule is CCc1ccc(NC(=O)COC(=O)c2ccc(OC)nc2)cc1. The van der Waals surface area contributed by atoms with Crippen molar-refractivity contribution in [1.82, 2.24) is 4.98 Å². The summed E-state index contributed by atoms with van der Waals surface area (Å²) in [5, 5.41) is 2.67. The van der Waals surface area contributed by atoms with E-state index >= 15 is 0 Å². The van der Waals surface area contributed by atoms with E-state index in [1.165, 1.54) is 24.9 Å². The predicted octanol–water partition coefficient (Wildman–Crippen LogP) is 2.45. The zero-order valence-corrected chi connectivity index (χ0v) is 13.0. The molecule has 0 atom stereocenters. The molecule has 6 heteroatoms. The number of carbonyl (C=O) groups excluding carboxylic acids is 2. The summed E-state index contributed by atoms with van der Waals surface area (Å²) in [4.78, 5) is 27.5. The van der Waals surface area contributed by atoms with Crippen molar-refractivity contribution in [2.45, 2.75) is 13.3 Å². The second kappa shape index (κ2) is 7.93. The van der Waals surface area contributed by atoms with Gasteiger partial charge in [-0.1, -0.05) is 19.1 Å². The van der Waals surface area contributed by atoms with Crippen molar-refractivity contribution in [3.05, 3.63) is 53.7 Å². The zero-order valence-electron chi connectivity index (χ0n) is 13.0. The van der Waals surface area contributed by atoms with Crippen LogP contribution in [-0.4, -0.2) is 30.6 Å². The number of pyridine rings is 1. The molecule has 120 valence electrons. The summed E-state index contributed by atoms with van der Waals surface area (Å²) in [7, 11) is 1.48. The lowest BCUT2D eigenvalue weighted by Crippen LogP contribution is -2.21. The predicted molar refractivity (Wildman–Crippen MR) is 85.5 cm³/mol. The maximum absolute atomic E-state index is 11.8. The van der Waals surface area contributed by atoms with Gasteiger partial charge in [0.05, 0.1) is 12.7 Å². The van der Waals surface area contributed by atoms with Gasteiger partial charge in [-0.05, 0) is 30.2 Å². The maximum atomic E-state index is 11.8. The molecule has 1 amide bonds. The first-order valence-electron chi connectivity index (χ1n) is 7.18. The lowest BCUT2D eigenvalue weighted by atomic mass is 10.1. The van der Waals surface area contributed by atoms with Crippen molar-refractivity contribution in [3.8, 4) is 5.88 Å². The number of ether oxygens (including phenoxy) is 2. The summed E-state index contributed by atoms with van der Waals surface area (Å²) in [6, 6.07) is 10.6. The molecule has 0 aliphatic heterocycles. The smallest absolute Gasteiger partial charge is 0.340 e. The Morgan fingerprint density at radius 1 is 1.13 bits per heavy atom. The number of amides is 1. The molecule has 6 nitrogen and oxygen atoms in total. The van der Waals surface area contributed by atoms with Crippen LogP contribution in [0.5, 0.6) is 5.88 Å². The number of hydrogen-bond acceptors (Lipinski definition) is 5. The molecule has 0 unspecified atom stereocenters. The summed E-state index contributed by atoms with van der Waals surface area (Å²) in [5.41, 5.74) is 2.10. The summed E-state index contributed by atoms with van der Waals surface area (Å²) in [5.74, 6) is -0.615. The minimum Gasteiger partial charge on any atom is -0.481 e. The van der Waals surface area contributed by atoms with Crippen LogP contribution in [0.4, 0.5) is 5.69 Å². The number of nitrogens with zero attached hydrogens (tertiary/aromatic N) is 1. The lowest BCUT2D eigenvalue weighted by Gasteiger charge is -2.07. The first kappa shape index (κ1) is 16.5. The van der Waals surface area contributed by atoms with Gasteiger partial charge >= 0.3 is 5.97 Å². The van der Waals surface area contributed by atoms with Crippen LogP contribution in [0, 0.1) is 0 Å². The van der Waals surface area contributed by atoms with Crippen molar-refractivity contribution in [1.29, 1.82) is 0 Å². The molecule has 0 saturated carbocycles. The van der Waals surface area contributed by atoms with E-state index in [2.05, 4.69) is 17.2 Å². The Bertz CT molecular complexity index is 666. The van der Waals surface area contributed by atoms with Crippen molar-refractivity contribution in [2.75, 3.05) is 19.0 Å². The van der Waals surface area contributed by atoms with E-state index < -0.39 is 11.9 Å². The number of carbonyl (C=O) groups is 2. The number of methoxy groups -OCH3 is 1. The van der Waals surface area contributed by atoms with E-state index in [1.807, 2.05) is 24.3 Å². The minimum absolute atomic E-state index is 0.255. The third-order valence-electron chi connectivity index (χ3n) is 3.16. The molecule has 0 spiro atoms. The van der Waals surface area contributed by atoms with Crippen molar-refractivity contribution in [3.63, 3.8) is 0 Å². The summed E-state index contributed by atoms with van der Waals surface area (Å²) < 4.78 is 9.85. The van der Waals surface area contributed by atoms with Gasteiger partial charge in [-0.2, -0.15) is 0 Å². The first-order valence-corrected chi connectivity index (χ1v) is 7.18. The van der Waals surface area contributed by atoms with Crippen molar-refractivity contribution in [2.24, 2.45) is 0 Å². The molecule has 1 heterocycles. The Hall–Kier alpha value is -2.89. The molecule has 2 aromatic rings. The van der Waals surface area contributed by atoms with Gasteiger partial charge < -0.3 is 14.8 Å². The fourth-order valence-electron chi connectivity index (χ4n) is 1.86. The topological polar surface area (TPSA) is 77.5 Å². The monoisotopic (exact) mass is 314 g/mol. The van der Waals surface area contributed by atoms with E-state index in [0.29, 0.717) is 11.6 Å². The Labute approximate surface area is 134 Å². The van der Waals surface area contributed by atoms with E-state index in [0.717, 1.165) is 6.42 Å². The van der Waals surface area contributed by atoms with Gasteiger partial charge in [-0.15, -0.1) is 0 Å². The number of anilines is 1. The van der Waals surface area contributed by atoms with Gasteiger partial charge in [0, 0.05) is 18.0 Å². The van der Waals surface area contributed by atoms with E-state index in [9.17, 15) is 9.59 Å². The molecular weight excluding hydrogens is 296 g/mol. The molecule has 23 heavy (non-hydrogen) atoms. The van der Waals surface area contributed by atoms with Crippen molar-refractivity contribution < 1.29 is 19.1 Å². The van der Waals surface area contributed by atoms with Gasteiger partial charge in [0.2, 0.25) is 5.88 Å². The molecule has 0 saturated heterocycles. The number of benzene rings is 1. The second-order valence-corrected chi connectivity index (χ2v) is 4.76. The van der Waals surface area contributed by atoms with Crippen LogP contribution in [0.3, 0.4) is 0 Å². The lowest BCUT2D eigenvalue weighted by molar-refractivity contribution is -0.119. The van der Waals surface area contributed by atoms with Crippen LogP contribution in [0.1, 0.15) is 22.8 Å². The third kappa shape index (κ3) is 4.81. The highest BCUT2D eigenvalue weighted by Gasteiger charge is 2.11. The summed E-state index contributed by atoms with van der Waals surface area (Å²) in [6.45, 7) is 1.70. The molecular formula is C17H18N2O4. The Morgan fingerprint density at radius 2 is 1.87 bits per heavy atom. The van der Waals surface area contributed by atoms with Gasteiger partial charge in [-0.3, -0.25) is 4.79 Å². The normalized spacial score (nSPS) is 10.0. The van der Waals surface area contributed by atoms with E-state index in [1.54, 1.807) is 6.07 Å². The number of hydrogen-bond donors (Lipinski definition) is 1. The van der Waals surface area contributed by atoms with Gasteiger partial charge in [0.1, 0.15) is 0 Å². The molecule has 1 aromatic heterocycles. The van der Waals surface area contributed by atoms with Crippen LogP contribution in [0.25, 0.3) is 0 Å². The van der Waals surface area contributed by atoms with E-state index in [-0.39, 0.29) is 12.2 Å². The van der Waals surface area contributed by atoms with Crippen molar-refractivity contribution >= 4 is 17.6 Å². The number of aryl methyl sites for hydroxylation is 1. The van der Waals surface area contributed by atoms with Gasteiger partial charge in [-0.25, -0.2) is 9.78 Å². The largest absolute Gasteiger partial charge is 0.481 e. The molecule has 0 radical (unpaired) electrons. The second-order valence-electron chi connectivity index (χ2n) is 4.76. The fraction of sp³-hybridized carbons (Fsp3) is 0.235. The number of aromatic nitrogens is 1. The Morgan fingerprint density at radius 3 is 2.43 bits per heavy atom. The highest BCUT2D eigenvalue weighted by Crippen LogP contribution is 2.10. The third-order valence-corrected chi connectivity index (χ3v) is 3.16.